The molecule has 6 N–H and O–H groups in total. The van der Waals surface area contributed by atoms with Gasteiger partial charge in [-0.05, 0) is 122 Å². The Labute approximate surface area is 425 Å². The molecule has 1 rings (SSSR count). The van der Waals surface area contributed by atoms with Crippen LogP contribution in [0.4, 0.5) is 0 Å². The Morgan fingerprint density at radius 3 is 1.34 bits per heavy atom. The Hall–Kier alpha value is -4.19. The second-order valence-electron chi connectivity index (χ2n) is 17.6. The van der Waals surface area contributed by atoms with Crippen molar-refractivity contribution in [3.8, 4) is 0 Å². The van der Waals surface area contributed by atoms with Crippen LogP contribution in [0.3, 0.4) is 0 Å². The first-order valence-corrected chi connectivity index (χ1v) is 26.7. The van der Waals surface area contributed by atoms with Crippen molar-refractivity contribution in [1.82, 2.24) is 5.32 Å². The van der Waals surface area contributed by atoms with Gasteiger partial charge in [-0.3, -0.25) is 4.79 Å². The highest BCUT2D eigenvalue weighted by atomic mass is 16.7. The lowest BCUT2D eigenvalue weighted by molar-refractivity contribution is -0.302. The highest BCUT2D eigenvalue weighted by Crippen LogP contribution is 2.22. The quantitative estimate of drug-likeness (QED) is 0.0262. The van der Waals surface area contributed by atoms with Gasteiger partial charge in [0.05, 0.1) is 25.4 Å². The zero-order valence-electron chi connectivity index (χ0n) is 43.2. The number of amides is 1. The average molecular weight is 970 g/mol. The van der Waals surface area contributed by atoms with E-state index < -0.39 is 49.5 Å². The Balaban J connectivity index is 2.31. The fourth-order valence-electron chi connectivity index (χ4n) is 7.09. The predicted molar refractivity (Wildman–Crippen MR) is 294 cm³/mol. The van der Waals surface area contributed by atoms with E-state index in [1.807, 2.05) is 6.08 Å². The molecule has 9 nitrogen and oxygen atoms in total. The van der Waals surface area contributed by atoms with Crippen LogP contribution in [0.1, 0.15) is 162 Å². The third-order valence-corrected chi connectivity index (χ3v) is 11.3. The summed E-state index contributed by atoms with van der Waals surface area (Å²) in [7, 11) is 0. The van der Waals surface area contributed by atoms with Gasteiger partial charge >= 0.3 is 0 Å². The van der Waals surface area contributed by atoms with Crippen molar-refractivity contribution in [3.05, 3.63) is 158 Å². The number of nitrogens with one attached hydrogen (secondary N) is 1. The van der Waals surface area contributed by atoms with Crippen LogP contribution >= 0.6 is 0 Å². The summed E-state index contributed by atoms with van der Waals surface area (Å²) in [4.78, 5) is 13.0. The molecule has 0 bridgehead atoms. The maximum absolute atomic E-state index is 13.0. The summed E-state index contributed by atoms with van der Waals surface area (Å²) in [5, 5.41) is 54.2. The smallest absolute Gasteiger partial charge is 0.220 e. The first-order chi connectivity index (χ1) is 34.3. The molecular formula is C61H95NO8. The van der Waals surface area contributed by atoms with Gasteiger partial charge in [0.15, 0.2) is 6.29 Å². The zero-order chi connectivity index (χ0) is 50.8. The van der Waals surface area contributed by atoms with E-state index in [9.17, 15) is 30.3 Å². The Morgan fingerprint density at radius 2 is 0.900 bits per heavy atom. The molecule has 1 aliphatic rings. The second kappa shape index (κ2) is 48.4. The van der Waals surface area contributed by atoms with Gasteiger partial charge in [0.1, 0.15) is 24.4 Å². The number of aliphatic hydroxyl groups is 5. The highest BCUT2D eigenvalue weighted by Gasteiger charge is 2.44. The Morgan fingerprint density at radius 1 is 0.500 bits per heavy atom. The van der Waals surface area contributed by atoms with Crippen molar-refractivity contribution in [2.24, 2.45) is 0 Å². The molecule has 0 saturated carbocycles. The second-order valence-corrected chi connectivity index (χ2v) is 17.6. The maximum atomic E-state index is 13.0. The summed E-state index contributed by atoms with van der Waals surface area (Å²) in [6.07, 6.45) is 70.1. The third kappa shape index (κ3) is 37.6. The number of carbonyl (C=O) groups excluding carboxylic acids is 1. The standard InChI is InChI=1S/C61H95NO8/c1-3-5-7-9-11-13-15-17-19-20-21-22-23-24-25-26-27-28-29-30-31-32-33-34-35-36-37-39-41-43-45-47-49-51-57(65)62-54(53-69-61-60(68)59(67)58(66)56(52-63)70-61)55(64)50-48-46-44-42-40-38-18-16-14-12-10-8-6-4-2/h5,7,11,13-14,16-17,19,21-22,24-25,27-28,30-31,33-34,36-37,40-43,48,50,54-56,58-61,63-64,66-68H,3-4,6,8-10,12,15,18,20,23,26,29,32,35,38-39,44-47,49,51-53H2,1-2H3,(H,62,65)/b7-5-,13-11-,16-14+,19-17-,22-21-,25-24-,28-27-,31-30-,34-33-,37-36-,42-40+,43-41-,50-48+. The van der Waals surface area contributed by atoms with Crippen LogP contribution < -0.4 is 5.32 Å². The van der Waals surface area contributed by atoms with Crippen molar-refractivity contribution in [1.29, 1.82) is 0 Å². The van der Waals surface area contributed by atoms with Crippen molar-refractivity contribution in [3.63, 3.8) is 0 Å². The van der Waals surface area contributed by atoms with Crippen LogP contribution in [-0.4, -0.2) is 87.5 Å². The number of aliphatic hydroxyl groups excluding tert-OH is 5. The number of ether oxygens (including phenoxy) is 2. The number of carbonyl (C=O) groups is 1. The zero-order valence-corrected chi connectivity index (χ0v) is 43.2. The minimum absolute atomic E-state index is 0.235. The molecule has 1 amide bonds. The van der Waals surface area contributed by atoms with Gasteiger partial charge in [0.2, 0.25) is 5.91 Å². The van der Waals surface area contributed by atoms with Crippen LogP contribution in [0.15, 0.2) is 158 Å². The first kappa shape index (κ1) is 63.8. The Bertz CT molecular complexity index is 1640. The van der Waals surface area contributed by atoms with Crippen molar-refractivity contribution < 1.29 is 39.8 Å². The van der Waals surface area contributed by atoms with E-state index in [1.54, 1.807) is 6.08 Å². The van der Waals surface area contributed by atoms with Crippen LogP contribution in [0.25, 0.3) is 0 Å². The number of hydrogen-bond donors (Lipinski definition) is 6. The van der Waals surface area contributed by atoms with Crippen molar-refractivity contribution in [2.75, 3.05) is 13.2 Å². The summed E-state index contributed by atoms with van der Waals surface area (Å²) < 4.78 is 11.2. The summed E-state index contributed by atoms with van der Waals surface area (Å²) in [6.45, 7) is 3.56. The molecule has 7 atom stereocenters. The fraction of sp³-hybridized carbons (Fsp3) is 0.557. The van der Waals surface area contributed by atoms with Gasteiger partial charge in [-0.2, -0.15) is 0 Å². The van der Waals surface area contributed by atoms with Crippen molar-refractivity contribution >= 4 is 5.91 Å². The van der Waals surface area contributed by atoms with Gasteiger partial charge < -0.3 is 40.3 Å². The van der Waals surface area contributed by atoms with Crippen molar-refractivity contribution in [2.45, 2.75) is 204 Å². The molecule has 0 aromatic rings. The molecule has 1 heterocycles. The molecule has 1 aliphatic heterocycles. The summed E-state index contributed by atoms with van der Waals surface area (Å²) in [5.41, 5.74) is 0. The molecule has 9 heteroatoms. The molecule has 70 heavy (non-hydrogen) atoms. The Kier molecular flexibility index (Phi) is 44.2. The predicted octanol–water partition coefficient (Wildman–Crippen LogP) is 12.9. The lowest BCUT2D eigenvalue weighted by Gasteiger charge is -2.40. The van der Waals surface area contributed by atoms with E-state index in [0.717, 1.165) is 103 Å². The molecular weight excluding hydrogens is 875 g/mol. The van der Waals surface area contributed by atoms with Gasteiger partial charge in [0.25, 0.3) is 0 Å². The molecule has 1 saturated heterocycles. The van der Waals surface area contributed by atoms with Gasteiger partial charge in [-0.15, -0.1) is 0 Å². The van der Waals surface area contributed by atoms with E-state index in [2.05, 4.69) is 165 Å². The summed E-state index contributed by atoms with van der Waals surface area (Å²) in [5.74, 6) is -0.242. The number of rotatable bonds is 42. The molecule has 0 aliphatic carbocycles. The largest absolute Gasteiger partial charge is 0.394 e. The lowest BCUT2D eigenvalue weighted by Crippen LogP contribution is -2.60. The van der Waals surface area contributed by atoms with Crippen LogP contribution in [0.2, 0.25) is 0 Å². The number of unbranched alkanes of at least 4 members (excludes halogenated alkanes) is 8. The van der Waals surface area contributed by atoms with E-state index >= 15 is 0 Å². The molecule has 0 spiro atoms. The monoisotopic (exact) mass is 970 g/mol. The van der Waals surface area contributed by atoms with E-state index in [0.29, 0.717) is 12.8 Å². The van der Waals surface area contributed by atoms with E-state index in [4.69, 9.17) is 9.47 Å². The summed E-state index contributed by atoms with van der Waals surface area (Å²) >= 11 is 0. The molecule has 0 aromatic carbocycles. The van der Waals surface area contributed by atoms with Crippen LogP contribution in [-0.2, 0) is 14.3 Å². The molecule has 392 valence electrons. The average Bonchev–Trinajstić information content (AvgIpc) is 3.36. The number of hydrogen-bond acceptors (Lipinski definition) is 8. The minimum atomic E-state index is -1.59. The van der Waals surface area contributed by atoms with Crippen LogP contribution in [0.5, 0.6) is 0 Å². The number of allylic oxidation sites excluding steroid dienone is 25. The van der Waals surface area contributed by atoms with Gasteiger partial charge in [0, 0.05) is 6.42 Å². The fourth-order valence-corrected chi connectivity index (χ4v) is 7.09. The lowest BCUT2D eigenvalue weighted by atomic mass is 9.99. The molecule has 0 radical (unpaired) electrons. The SMILES string of the molecule is CC/C=C\C/C=C\C/C=C\C/C=C\C/C=C\C/C=C\C/C=C\C/C=C\C/C=C\C/C=C\CCCCC(=O)NC(COC1OC(CO)C(O)C(O)C1O)C(O)/C=C/CC/C=C/CC/C=C/CCCCCC. The van der Waals surface area contributed by atoms with E-state index in [1.165, 1.54) is 25.7 Å². The van der Waals surface area contributed by atoms with Crippen LogP contribution in [0, 0.1) is 0 Å². The van der Waals surface area contributed by atoms with Gasteiger partial charge in [-0.1, -0.05) is 191 Å². The third-order valence-electron chi connectivity index (χ3n) is 11.3. The van der Waals surface area contributed by atoms with E-state index in [-0.39, 0.29) is 18.9 Å². The maximum Gasteiger partial charge on any atom is 0.220 e. The molecule has 0 aromatic heterocycles. The first-order valence-electron chi connectivity index (χ1n) is 26.7. The normalized spacial score (nSPS) is 20.7. The highest BCUT2D eigenvalue weighted by molar-refractivity contribution is 5.76. The molecule has 1 fully saturated rings. The van der Waals surface area contributed by atoms with Gasteiger partial charge in [-0.25, -0.2) is 0 Å². The summed E-state index contributed by atoms with van der Waals surface area (Å²) in [6, 6.07) is -0.863. The molecule has 7 unspecified atom stereocenters. The topological polar surface area (TPSA) is 149 Å². The minimum Gasteiger partial charge on any atom is -0.394 e.